The summed E-state index contributed by atoms with van der Waals surface area (Å²) < 4.78 is 0. The van der Waals surface area contributed by atoms with Crippen LogP contribution in [0.5, 0.6) is 0 Å². The second-order valence-corrected chi connectivity index (χ2v) is 3.86. The summed E-state index contributed by atoms with van der Waals surface area (Å²) in [5.74, 6) is 0.0796. The molecule has 0 unspecified atom stereocenters. The van der Waals surface area contributed by atoms with E-state index in [-0.39, 0.29) is 5.78 Å². The van der Waals surface area contributed by atoms with Crippen molar-refractivity contribution in [3.05, 3.63) is 47.5 Å². The molecule has 0 amide bonds. The van der Waals surface area contributed by atoms with E-state index in [0.717, 1.165) is 29.5 Å². The van der Waals surface area contributed by atoms with E-state index in [9.17, 15) is 4.79 Å². The van der Waals surface area contributed by atoms with E-state index in [2.05, 4.69) is 26.1 Å². The minimum atomic E-state index is 0.0796. The van der Waals surface area contributed by atoms with Crippen LogP contribution in [0.1, 0.15) is 47.3 Å². The average molecular weight is 214 g/mol. The average Bonchev–Trinajstić information content (AvgIpc) is 2.28. The first-order valence-corrected chi connectivity index (χ1v) is 5.56. The monoisotopic (exact) mass is 214 g/mol. The van der Waals surface area contributed by atoms with Crippen LogP contribution in [0, 0.1) is 0 Å². The molecule has 0 fully saturated rings. The predicted octanol–water partition coefficient (Wildman–Crippen LogP) is 4.13. The first-order valence-electron chi connectivity index (χ1n) is 5.56. The number of Topliss-reactive ketones (excluding diaryl/α,β-unsaturated/α-hetero) is 1. The van der Waals surface area contributed by atoms with Crippen molar-refractivity contribution in [2.45, 2.75) is 26.7 Å². The van der Waals surface area contributed by atoms with Gasteiger partial charge in [-0.05, 0) is 36.1 Å². The molecule has 0 atom stereocenters. The molecule has 0 heterocycles. The Labute approximate surface area is 97.5 Å². The van der Waals surface area contributed by atoms with Gasteiger partial charge in [0.05, 0.1) is 0 Å². The molecule has 0 N–H and O–H groups in total. The molecule has 0 spiro atoms. The van der Waals surface area contributed by atoms with Crippen molar-refractivity contribution < 1.29 is 4.79 Å². The molecule has 1 nitrogen and oxygen atoms in total. The Balaban J connectivity index is 3.42. The molecule has 1 heteroatoms. The van der Waals surface area contributed by atoms with Crippen LogP contribution >= 0.6 is 0 Å². The number of rotatable bonds is 5. The number of carbonyl (C=O) groups is 1. The van der Waals surface area contributed by atoms with E-state index >= 15 is 0 Å². The lowest BCUT2D eigenvalue weighted by Gasteiger charge is -2.10. The van der Waals surface area contributed by atoms with E-state index in [1.807, 2.05) is 6.07 Å². The zero-order valence-corrected chi connectivity index (χ0v) is 10.0. The predicted molar refractivity (Wildman–Crippen MR) is 70.6 cm³/mol. The van der Waals surface area contributed by atoms with Gasteiger partial charge < -0.3 is 0 Å². The molecule has 0 aliphatic carbocycles. The highest BCUT2D eigenvalue weighted by molar-refractivity contribution is 5.99. The van der Waals surface area contributed by atoms with Crippen LogP contribution in [0.25, 0.3) is 12.2 Å². The third kappa shape index (κ3) is 2.48. The molecular formula is C15H18O. The largest absolute Gasteiger partial charge is 0.294 e. The molecule has 1 rings (SSSR count). The van der Waals surface area contributed by atoms with Crippen molar-refractivity contribution in [3.8, 4) is 0 Å². The highest BCUT2D eigenvalue weighted by atomic mass is 16.1. The molecule has 0 saturated carbocycles. The quantitative estimate of drug-likeness (QED) is 0.673. The van der Waals surface area contributed by atoms with Crippen LogP contribution in [-0.2, 0) is 6.42 Å². The molecule has 16 heavy (non-hydrogen) atoms. The van der Waals surface area contributed by atoms with E-state index in [1.165, 1.54) is 5.56 Å². The highest BCUT2D eigenvalue weighted by Crippen LogP contribution is 2.21. The molecule has 0 radical (unpaired) electrons. The summed E-state index contributed by atoms with van der Waals surface area (Å²) in [6.07, 6.45) is 5.56. The highest BCUT2D eigenvalue weighted by Gasteiger charge is 2.09. The van der Waals surface area contributed by atoms with Crippen molar-refractivity contribution in [2.75, 3.05) is 0 Å². The van der Waals surface area contributed by atoms with Crippen molar-refractivity contribution in [3.63, 3.8) is 0 Å². The summed E-state index contributed by atoms with van der Waals surface area (Å²) in [6.45, 7) is 11.3. The van der Waals surface area contributed by atoms with Crippen molar-refractivity contribution >= 4 is 17.9 Å². The van der Waals surface area contributed by atoms with Gasteiger partial charge in [0.1, 0.15) is 0 Å². The second kappa shape index (κ2) is 5.45. The summed E-state index contributed by atoms with van der Waals surface area (Å²) >= 11 is 0. The summed E-state index contributed by atoms with van der Waals surface area (Å²) in [5.41, 5.74) is 3.82. The lowest BCUT2D eigenvalue weighted by Crippen LogP contribution is -2.00. The van der Waals surface area contributed by atoms with Crippen molar-refractivity contribution in [1.82, 2.24) is 0 Å². The van der Waals surface area contributed by atoms with E-state index < -0.39 is 0 Å². The minimum absolute atomic E-state index is 0.0796. The fourth-order valence-corrected chi connectivity index (χ4v) is 1.86. The van der Waals surface area contributed by atoms with Gasteiger partial charge in [0.2, 0.25) is 0 Å². The Hall–Kier alpha value is -1.63. The van der Waals surface area contributed by atoms with Crippen LogP contribution in [-0.4, -0.2) is 5.78 Å². The SMILES string of the molecule is C=Cc1cc(CCC)cc(C(C)=O)c1C=C. The van der Waals surface area contributed by atoms with Crippen LogP contribution < -0.4 is 0 Å². The number of carbonyl (C=O) groups excluding carboxylic acids is 1. The number of hydrogen-bond acceptors (Lipinski definition) is 1. The van der Waals surface area contributed by atoms with Gasteiger partial charge in [0.25, 0.3) is 0 Å². The van der Waals surface area contributed by atoms with Crippen LogP contribution in [0.3, 0.4) is 0 Å². The topological polar surface area (TPSA) is 17.1 Å². The number of benzene rings is 1. The van der Waals surface area contributed by atoms with Gasteiger partial charge in [-0.25, -0.2) is 0 Å². The Kier molecular flexibility index (Phi) is 4.24. The normalized spacial score (nSPS) is 9.88. The minimum Gasteiger partial charge on any atom is -0.294 e. The third-order valence-corrected chi connectivity index (χ3v) is 2.61. The summed E-state index contributed by atoms with van der Waals surface area (Å²) in [7, 11) is 0. The summed E-state index contributed by atoms with van der Waals surface area (Å²) in [6, 6.07) is 4.05. The fraction of sp³-hybridized carbons (Fsp3) is 0.267. The molecule has 1 aromatic rings. The first kappa shape index (κ1) is 12.4. The maximum Gasteiger partial charge on any atom is 0.160 e. The third-order valence-electron chi connectivity index (χ3n) is 2.61. The van der Waals surface area contributed by atoms with Crippen LogP contribution in [0.15, 0.2) is 25.3 Å². The second-order valence-electron chi connectivity index (χ2n) is 3.86. The zero-order chi connectivity index (χ0) is 12.1. The Bertz CT molecular complexity index is 427. The molecular weight excluding hydrogens is 196 g/mol. The maximum atomic E-state index is 11.6. The van der Waals surface area contributed by atoms with Gasteiger partial charge in [-0.2, -0.15) is 0 Å². The van der Waals surface area contributed by atoms with Crippen molar-refractivity contribution in [1.29, 1.82) is 0 Å². The standard InChI is InChI=1S/C15H18O/c1-5-8-12-9-13(6-2)14(7-3)15(10-12)11(4)16/h6-7,9-10H,2-3,5,8H2,1,4H3. The number of hydrogen-bond donors (Lipinski definition) is 0. The fourth-order valence-electron chi connectivity index (χ4n) is 1.86. The first-order chi connectivity index (χ1) is 7.63. The molecule has 0 aliphatic heterocycles. The van der Waals surface area contributed by atoms with E-state index in [1.54, 1.807) is 19.1 Å². The number of ketones is 1. The Morgan fingerprint density at radius 2 is 2.00 bits per heavy atom. The van der Waals surface area contributed by atoms with Gasteiger partial charge in [0.15, 0.2) is 5.78 Å². The van der Waals surface area contributed by atoms with Gasteiger partial charge in [0, 0.05) is 5.56 Å². The number of aryl methyl sites for hydroxylation is 1. The van der Waals surface area contributed by atoms with Gasteiger partial charge in [-0.15, -0.1) is 0 Å². The van der Waals surface area contributed by atoms with E-state index in [0.29, 0.717) is 0 Å². The summed E-state index contributed by atoms with van der Waals surface area (Å²) in [5, 5.41) is 0. The smallest absolute Gasteiger partial charge is 0.160 e. The van der Waals surface area contributed by atoms with Crippen molar-refractivity contribution in [2.24, 2.45) is 0 Å². The van der Waals surface area contributed by atoms with Gasteiger partial charge >= 0.3 is 0 Å². The molecule has 0 bridgehead atoms. The van der Waals surface area contributed by atoms with Gasteiger partial charge in [-0.3, -0.25) is 4.79 Å². The molecule has 84 valence electrons. The summed E-state index contributed by atoms with van der Waals surface area (Å²) in [4.78, 5) is 11.6. The zero-order valence-electron chi connectivity index (χ0n) is 10.0. The molecule has 1 aromatic carbocycles. The lowest BCUT2D eigenvalue weighted by atomic mass is 9.94. The Morgan fingerprint density at radius 3 is 2.44 bits per heavy atom. The van der Waals surface area contributed by atoms with E-state index in [4.69, 9.17) is 0 Å². The van der Waals surface area contributed by atoms with Gasteiger partial charge in [-0.1, -0.05) is 44.7 Å². The molecule has 0 saturated heterocycles. The molecule has 0 aromatic heterocycles. The lowest BCUT2D eigenvalue weighted by molar-refractivity contribution is 0.101. The van der Waals surface area contributed by atoms with Crippen LogP contribution in [0.4, 0.5) is 0 Å². The van der Waals surface area contributed by atoms with Crippen LogP contribution in [0.2, 0.25) is 0 Å². The maximum absolute atomic E-state index is 11.6. The molecule has 0 aliphatic rings. The Morgan fingerprint density at radius 1 is 1.31 bits per heavy atom.